The van der Waals surface area contributed by atoms with Gasteiger partial charge in [-0.15, -0.1) is 0 Å². The smallest absolute Gasteiger partial charge is 0.408 e. The molecule has 0 radical (unpaired) electrons. The van der Waals surface area contributed by atoms with E-state index < -0.39 is 36.0 Å². The van der Waals surface area contributed by atoms with Crippen molar-refractivity contribution in [3.8, 4) is 0 Å². The van der Waals surface area contributed by atoms with Gasteiger partial charge >= 0.3 is 6.09 Å². The van der Waals surface area contributed by atoms with E-state index in [4.69, 9.17) is 16.2 Å². The monoisotopic (exact) mass is 636 g/mol. The number of aliphatic imine (C=N–C) groups is 1. The van der Waals surface area contributed by atoms with Gasteiger partial charge in [0.2, 0.25) is 17.7 Å². The van der Waals surface area contributed by atoms with Crippen LogP contribution in [0.3, 0.4) is 0 Å². The normalized spacial score (nSPS) is 13.0. The summed E-state index contributed by atoms with van der Waals surface area (Å²) in [4.78, 5) is 60.0. The topological polar surface area (TPSA) is 203 Å². The lowest BCUT2D eigenvalue weighted by molar-refractivity contribution is -0.131. The standard InChI is InChI=1S/C33H48N8O5/c1-22(2)19-27(31(44)40-28(23(3)4)20-38-29(42)13-12-24-14-17-36-18-15-24)39-30(43)26(11-8-16-37-32(34)35)41-33(45)46-21-25-9-6-5-7-10-25/h5-7,9-10,12-15,17-18,22-23,26-28H,8,11,16,19-21H2,1-4H3,(H,38,42)(H,39,43)(H,40,44)(H,41,45)(H4,34,35,37)/t26-,27-,28+/m0/s1. The average Bonchev–Trinajstić information content (AvgIpc) is 3.02. The van der Waals surface area contributed by atoms with Crippen molar-refractivity contribution in [1.29, 1.82) is 0 Å². The van der Waals surface area contributed by atoms with E-state index in [9.17, 15) is 19.2 Å². The fourth-order valence-electron chi connectivity index (χ4n) is 4.31. The number of nitrogens with zero attached hydrogens (tertiary/aromatic N) is 2. The Bertz CT molecular complexity index is 1300. The van der Waals surface area contributed by atoms with Gasteiger partial charge in [-0.05, 0) is 60.4 Å². The van der Waals surface area contributed by atoms with Crippen LogP contribution in [0.5, 0.6) is 0 Å². The number of alkyl carbamates (subject to hydrolysis) is 1. The van der Waals surface area contributed by atoms with E-state index in [1.807, 2.05) is 58.0 Å². The molecule has 0 aliphatic rings. The zero-order chi connectivity index (χ0) is 33.9. The van der Waals surface area contributed by atoms with Gasteiger partial charge in [0.05, 0.1) is 0 Å². The van der Waals surface area contributed by atoms with Crippen molar-refractivity contribution >= 4 is 35.9 Å². The number of nitrogens with two attached hydrogens (primary N) is 2. The van der Waals surface area contributed by atoms with Gasteiger partial charge in [-0.2, -0.15) is 0 Å². The van der Waals surface area contributed by atoms with Crippen LogP contribution in [0.15, 0.2) is 65.9 Å². The Balaban J connectivity index is 2.06. The summed E-state index contributed by atoms with van der Waals surface area (Å²) in [5, 5.41) is 11.2. The van der Waals surface area contributed by atoms with Crippen molar-refractivity contribution in [2.75, 3.05) is 13.1 Å². The maximum Gasteiger partial charge on any atom is 0.408 e. The Morgan fingerprint density at radius 2 is 1.59 bits per heavy atom. The second-order valence-corrected chi connectivity index (χ2v) is 11.6. The molecular formula is C33H48N8O5. The van der Waals surface area contributed by atoms with E-state index in [1.165, 1.54) is 6.08 Å². The zero-order valence-electron chi connectivity index (χ0n) is 27.1. The third-order valence-electron chi connectivity index (χ3n) is 6.87. The number of hydrogen-bond acceptors (Lipinski definition) is 7. The quantitative estimate of drug-likeness (QED) is 0.0618. The number of aromatic nitrogens is 1. The van der Waals surface area contributed by atoms with Gasteiger partial charge < -0.3 is 37.5 Å². The maximum absolute atomic E-state index is 13.5. The first-order valence-electron chi connectivity index (χ1n) is 15.4. The first kappa shape index (κ1) is 37.2. The number of hydrogen-bond donors (Lipinski definition) is 6. The molecule has 0 aliphatic heterocycles. The highest BCUT2D eigenvalue weighted by Crippen LogP contribution is 2.10. The Labute approximate surface area is 271 Å². The van der Waals surface area contributed by atoms with Crippen molar-refractivity contribution in [3.63, 3.8) is 0 Å². The molecule has 8 N–H and O–H groups in total. The third-order valence-corrected chi connectivity index (χ3v) is 6.87. The summed E-state index contributed by atoms with van der Waals surface area (Å²) < 4.78 is 5.32. The minimum absolute atomic E-state index is 0.0202. The number of benzene rings is 1. The van der Waals surface area contributed by atoms with Crippen LogP contribution in [0.2, 0.25) is 0 Å². The van der Waals surface area contributed by atoms with Crippen molar-refractivity contribution in [2.24, 2.45) is 28.3 Å². The second kappa shape index (κ2) is 20.2. The number of pyridine rings is 1. The van der Waals surface area contributed by atoms with Gasteiger partial charge in [0.1, 0.15) is 18.7 Å². The molecule has 0 saturated carbocycles. The number of carbonyl (C=O) groups excluding carboxylic acids is 4. The molecule has 1 heterocycles. The van der Waals surface area contributed by atoms with Crippen LogP contribution in [0, 0.1) is 11.8 Å². The Morgan fingerprint density at radius 3 is 2.22 bits per heavy atom. The molecule has 2 rings (SSSR count). The van der Waals surface area contributed by atoms with Gasteiger partial charge in [0.15, 0.2) is 5.96 Å². The SMILES string of the molecule is CC(C)C[C@H](NC(=O)[C@H](CCCN=C(N)N)NC(=O)OCc1ccccc1)C(=O)N[C@H](CNC(=O)C=Cc1ccncc1)C(C)C. The fraction of sp³-hybridized carbons (Fsp3) is 0.455. The third kappa shape index (κ3) is 15.2. The highest BCUT2D eigenvalue weighted by Gasteiger charge is 2.29. The summed E-state index contributed by atoms with van der Waals surface area (Å²) in [6.45, 7) is 8.20. The van der Waals surface area contributed by atoms with E-state index in [0.717, 1.165) is 11.1 Å². The van der Waals surface area contributed by atoms with Gasteiger partial charge in [-0.25, -0.2) is 4.79 Å². The molecule has 250 valence electrons. The molecule has 4 amide bonds. The molecular weight excluding hydrogens is 588 g/mol. The summed E-state index contributed by atoms with van der Waals surface area (Å²) in [7, 11) is 0. The Kier molecular flexibility index (Phi) is 16.3. The first-order chi connectivity index (χ1) is 21.9. The molecule has 1 aromatic carbocycles. The van der Waals surface area contributed by atoms with Crippen LogP contribution >= 0.6 is 0 Å². The molecule has 0 spiro atoms. The number of carbonyl (C=O) groups is 4. The predicted molar refractivity (Wildman–Crippen MR) is 178 cm³/mol. The predicted octanol–water partition coefficient (Wildman–Crippen LogP) is 2.23. The Hall–Kier alpha value is -4.94. The van der Waals surface area contributed by atoms with Crippen LogP contribution in [0.25, 0.3) is 6.08 Å². The van der Waals surface area contributed by atoms with Crippen molar-refractivity contribution in [2.45, 2.75) is 71.7 Å². The minimum Gasteiger partial charge on any atom is -0.445 e. The molecule has 0 bridgehead atoms. The molecule has 1 aromatic heterocycles. The molecule has 13 nitrogen and oxygen atoms in total. The summed E-state index contributed by atoms with van der Waals surface area (Å²) in [6.07, 6.45) is 6.53. The summed E-state index contributed by atoms with van der Waals surface area (Å²) >= 11 is 0. The first-order valence-corrected chi connectivity index (χ1v) is 15.4. The average molecular weight is 637 g/mol. The number of ether oxygens (including phenoxy) is 1. The molecule has 46 heavy (non-hydrogen) atoms. The van der Waals surface area contributed by atoms with Crippen molar-refractivity contribution in [1.82, 2.24) is 26.3 Å². The van der Waals surface area contributed by atoms with Crippen LogP contribution < -0.4 is 32.7 Å². The van der Waals surface area contributed by atoms with E-state index >= 15 is 0 Å². The number of rotatable bonds is 18. The van der Waals surface area contributed by atoms with Crippen LogP contribution in [0.4, 0.5) is 4.79 Å². The summed E-state index contributed by atoms with van der Waals surface area (Å²) in [6, 6.07) is 10.4. The maximum atomic E-state index is 13.5. The number of nitrogens with one attached hydrogen (secondary N) is 4. The van der Waals surface area contributed by atoms with Crippen LogP contribution in [-0.4, -0.2) is 66.0 Å². The zero-order valence-corrected chi connectivity index (χ0v) is 27.1. The van der Waals surface area contributed by atoms with Gasteiger partial charge in [0.25, 0.3) is 0 Å². The Morgan fingerprint density at radius 1 is 0.913 bits per heavy atom. The second-order valence-electron chi connectivity index (χ2n) is 11.6. The van der Waals surface area contributed by atoms with Gasteiger partial charge in [-0.1, -0.05) is 58.0 Å². The highest BCUT2D eigenvalue weighted by atomic mass is 16.5. The summed E-state index contributed by atoms with van der Waals surface area (Å²) in [5.41, 5.74) is 12.5. The molecule has 13 heteroatoms. The van der Waals surface area contributed by atoms with Crippen molar-refractivity contribution < 1.29 is 23.9 Å². The van der Waals surface area contributed by atoms with E-state index in [2.05, 4.69) is 31.2 Å². The van der Waals surface area contributed by atoms with Gasteiger partial charge in [0, 0.05) is 37.6 Å². The largest absolute Gasteiger partial charge is 0.445 e. The number of guanidine groups is 1. The molecule has 2 aromatic rings. The van der Waals surface area contributed by atoms with Crippen LogP contribution in [-0.2, 0) is 25.7 Å². The van der Waals surface area contributed by atoms with E-state index in [-0.39, 0.29) is 49.8 Å². The fourth-order valence-corrected chi connectivity index (χ4v) is 4.31. The lowest BCUT2D eigenvalue weighted by atomic mass is 9.99. The van der Waals surface area contributed by atoms with Gasteiger partial charge in [-0.3, -0.25) is 24.4 Å². The van der Waals surface area contributed by atoms with E-state index in [0.29, 0.717) is 12.8 Å². The highest BCUT2D eigenvalue weighted by molar-refractivity contribution is 5.92. The molecule has 0 unspecified atom stereocenters. The lowest BCUT2D eigenvalue weighted by Crippen LogP contribution is -2.57. The van der Waals surface area contributed by atoms with Crippen LogP contribution in [0.1, 0.15) is 58.1 Å². The van der Waals surface area contributed by atoms with E-state index in [1.54, 1.807) is 30.6 Å². The van der Waals surface area contributed by atoms with Crippen molar-refractivity contribution in [3.05, 3.63) is 72.1 Å². The molecule has 3 atom stereocenters. The molecule has 0 saturated heterocycles. The molecule has 0 aliphatic carbocycles. The minimum atomic E-state index is -1.01. The summed E-state index contributed by atoms with van der Waals surface area (Å²) in [5.74, 6) is -1.28. The molecule has 0 fully saturated rings. The number of amides is 4. The lowest BCUT2D eigenvalue weighted by Gasteiger charge is -2.28.